The number of imidazole rings is 1. The molecule has 1 aliphatic carbocycles. The Hall–Kier alpha value is -1.32. The van der Waals surface area contributed by atoms with E-state index in [9.17, 15) is 4.79 Å². The van der Waals surface area contributed by atoms with Crippen molar-refractivity contribution in [2.45, 2.75) is 58.4 Å². The van der Waals surface area contributed by atoms with Crippen LogP contribution in [0.15, 0.2) is 12.4 Å². The first-order chi connectivity index (χ1) is 10.3. The van der Waals surface area contributed by atoms with Crippen molar-refractivity contribution in [3.8, 4) is 0 Å². The fraction of sp³-hybridized carbons (Fsp3) is 0.765. The van der Waals surface area contributed by atoms with E-state index in [0.29, 0.717) is 6.54 Å². The maximum absolute atomic E-state index is 12.5. The van der Waals surface area contributed by atoms with Gasteiger partial charge in [-0.25, -0.2) is 4.98 Å². The van der Waals surface area contributed by atoms with Crippen LogP contribution in [0, 0.1) is 11.8 Å². The number of carbonyl (C=O) groups excluding carboxylic acids is 1. The molecule has 1 saturated carbocycles. The Labute approximate surface area is 127 Å². The molecule has 1 aliphatic heterocycles. The maximum atomic E-state index is 12.5. The van der Waals surface area contributed by atoms with E-state index in [-0.39, 0.29) is 5.91 Å². The lowest BCUT2D eigenvalue weighted by Crippen LogP contribution is -2.33. The van der Waals surface area contributed by atoms with Gasteiger partial charge < -0.3 is 9.47 Å². The van der Waals surface area contributed by atoms with E-state index in [1.807, 2.05) is 10.8 Å². The number of likely N-dealkylation sites (tertiary alicyclic amines) is 1. The third-order valence-electron chi connectivity index (χ3n) is 5.32. The van der Waals surface area contributed by atoms with Crippen LogP contribution in [0.3, 0.4) is 0 Å². The van der Waals surface area contributed by atoms with Gasteiger partial charge in [0.15, 0.2) is 0 Å². The van der Waals surface area contributed by atoms with Crippen molar-refractivity contribution in [2.75, 3.05) is 13.1 Å². The summed E-state index contributed by atoms with van der Waals surface area (Å²) in [7, 11) is 0. The molecule has 21 heavy (non-hydrogen) atoms. The van der Waals surface area contributed by atoms with Crippen molar-refractivity contribution in [1.29, 1.82) is 0 Å². The molecule has 116 valence electrons. The van der Waals surface area contributed by atoms with Gasteiger partial charge >= 0.3 is 0 Å². The highest BCUT2D eigenvalue weighted by Crippen LogP contribution is 2.35. The van der Waals surface area contributed by atoms with Crippen LogP contribution in [-0.4, -0.2) is 33.4 Å². The molecular formula is C17H27N3O. The number of aromatic nitrogens is 2. The summed E-state index contributed by atoms with van der Waals surface area (Å²) in [4.78, 5) is 18.9. The topological polar surface area (TPSA) is 38.1 Å². The van der Waals surface area contributed by atoms with Gasteiger partial charge in [0.2, 0.25) is 5.91 Å². The normalized spacial score (nSPS) is 23.7. The Balaban J connectivity index is 1.54. The van der Waals surface area contributed by atoms with Crippen molar-refractivity contribution in [2.24, 2.45) is 11.8 Å². The van der Waals surface area contributed by atoms with Crippen LogP contribution in [0.5, 0.6) is 0 Å². The summed E-state index contributed by atoms with van der Waals surface area (Å²) in [5.74, 6) is 2.89. The summed E-state index contributed by atoms with van der Waals surface area (Å²) < 4.78 is 2.00. The SMILES string of the molecule is CCc1nccn1CC(=O)N1CC[C@H](C2CCCCC2)C1. The first kappa shape index (κ1) is 14.6. The second-order valence-corrected chi connectivity index (χ2v) is 6.61. The molecule has 0 N–H and O–H groups in total. The summed E-state index contributed by atoms with van der Waals surface area (Å²) in [6.45, 7) is 4.48. The molecule has 2 fully saturated rings. The van der Waals surface area contributed by atoms with Crippen LogP contribution in [0.25, 0.3) is 0 Å². The molecule has 2 heterocycles. The van der Waals surface area contributed by atoms with Crippen LogP contribution in [0.1, 0.15) is 51.3 Å². The lowest BCUT2D eigenvalue weighted by molar-refractivity contribution is -0.131. The fourth-order valence-corrected chi connectivity index (χ4v) is 4.05. The second kappa shape index (κ2) is 6.63. The predicted octanol–water partition coefficient (Wildman–Crippen LogP) is 2.87. The van der Waals surface area contributed by atoms with E-state index in [4.69, 9.17) is 0 Å². The Kier molecular flexibility index (Phi) is 4.61. The van der Waals surface area contributed by atoms with Crippen LogP contribution in [0.4, 0.5) is 0 Å². The van der Waals surface area contributed by atoms with E-state index in [2.05, 4.69) is 16.8 Å². The molecule has 4 nitrogen and oxygen atoms in total. The average molecular weight is 289 g/mol. The zero-order valence-electron chi connectivity index (χ0n) is 13.1. The summed E-state index contributed by atoms with van der Waals surface area (Å²) in [6, 6.07) is 0. The van der Waals surface area contributed by atoms with Gasteiger partial charge in [-0.05, 0) is 18.3 Å². The number of nitrogens with zero attached hydrogens (tertiary/aromatic N) is 3. The minimum atomic E-state index is 0.265. The molecule has 1 atom stereocenters. The highest BCUT2D eigenvalue weighted by atomic mass is 16.2. The van der Waals surface area contributed by atoms with E-state index in [1.165, 1.54) is 38.5 Å². The Morgan fingerprint density at radius 2 is 2.05 bits per heavy atom. The summed E-state index contributed by atoms with van der Waals surface area (Å²) in [5.41, 5.74) is 0. The summed E-state index contributed by atoms with van der Waals surface area (Å²) in [6.07, 6.45) is 12.8. The van der Waals surface area contributed by atoms with Crippen LogP contribution in [0.2, 0.25) is 0 Å². The van der Waals surface area contributed by atoms with Crippen LogP contribution < -0.4 is 0 Å². The van der Waals surface area contributed by atoms with Crippen molar-refractivity contribution in [3.05, 3.63) is 18.2 Å². The number of carbonyl (C=O) groups is 1. The Bertz CT molecular complexity index is 476. The van der Waals surface area contributed by atoms with E-state index in [1.54, 1.807) is 6.20 Å². The number of amides is 1. The quantitative estimate of drug-likeness (QED) is 0.855. The van der Waals surface area contributed by atoms with Crippen molar-refractivity contribution in [1.82, 2.24) is 14.5 Å². The Morgan fingerprint density at radius 1 is 1.24 bits per heavy atom. The lowest BCUT2D eigenvalue weighted by atomic mass is 9.80. The molecule has 3 rings (SSSR count). The molecule has 1 aromatic heterocycles. The highest BCUT2D eigenvalue weighted by molar-refractivity contribution is 5.76. The van der Waals surface area contributed by atoms with Crippen molar-refractivity contribution < 1.29 is 4.79 Å². The molecule has 2 aliphatic rings. The zero-order valence-corrected chi connectivity index (χ0v) is 13.1. The maximum Gasteiger partial charge on any atom is 0.242 e. The van der Waals surface area contributed by atoms with Crippen LogP contribution >= 0.6 is 0 Å². The monoisotopic (exact) mass is 289 g/mol. The van der Waals surface area contributed by atoms with Gasteiger partial charge in [-0.3, -0.25) is 4.79 Å². The summed E-state index contributed by atoms with van der Waals surface area (Å²) >= 11 is 0. The van der Waals surface area contributed by atoms with Crippen molar-refractivity contribution >= 4 is 5.91 Å². The number of hydrogen-bond acceptors (Lipinski definition) is 2. The molecule has 1 amide bonds. The molecule has 1 saturated heterocycles. The van der Waals surface area contributed by atoms with E-state index >= 15 is 0 Å². The average Bonchev–Trinajstić information content (AvgIpc) is 3.17. The van der Waals surface area contributed by atoms with Gasteiger partial charge in [-0.15, -0.1) is 0 Å². The Morgan fingerprint density at radius 3 is 2.81 bits per heavy atom. The molecule has 0 spiro atoms. The summed E-state index contributed by atoms with van der Waals surface area (Å²) in [5, 5.41) is 0. The highest BCUT2D eigenvalue weighted by Gasteiger charge is 2.32. The molecular weight excluding hydrogens is 262 g/mol. The molecule has 0 bridgehead atoms. The van der Waals surface area contributed by atoms with Gasteiger partial charge in [0.05, 0.1) is 0 Å². The predicted molar refractivity (Wildman–Crippen MR) is 82.9 cm³/mol. The third kappa shape index (κ3) is 3.30. The van der Waals surface area contributed by atoms with Crippen LogP contribution in [-0.2, 0) is 17.8 Å². The molecule has 4 heteroatoms. The van der Waals surface area contributed by atoms with Gasteiger partial charge in [0, 0.05) is 31.9 Å². The number of hydrogen-bond donors (Lipinski definition) is 0. The fourth-order valence-electron chi connectivity index (χ4n) is 4.05. The minimum absolute atomic E-state index is 0.265. The van der Waals surface area contributed by atoms with Gasteiger partial charge in [-0.1, -0.05) is 39.0 Å². The second-order valence-electron chi connectivity index (χ2n) is 6.61. The minimum Gasteiger partial charge on any atom is -0.341 e. The standard InChI is InChI=1S/C17H27N3O/c1-2-16-18-9-11-19(16)13-17(21)20-10-8-15(12-20)14-6-4-3-5-7-14/h9,11,14-15H,2-8,10,12-13H2,1H3/t15-/m0/s1. The van der Waals surface area contributed by atoms with E-state index in [0.717, 1.165) is 37.2 Å². The molecule has 0 unspecified atom stereocenters. The lowest BCUT2D eigenvalue weighted by Gasteiger charge is -2.27. The number of aryl methyl sites for hydroxylation is 1. The van der Waals surface area contributed by atoms with Crippen molar-refractivity contribution in [3.63, 3.8) is 0 Å². The smallest absolute Gasteiger partial charge is 0.242 e. The van der Waals surface area contributed by atoms with Gasteiger partial charge in [-0.2, -0.15) is 0 Å². The van der Waals surface area contributed by atoms with Gasteiger partial charge in [0.25, 0.3) is 0 Å². The number of rotatable bonds is 4. The first-order valence-corrected chi connectivity index (χ1v) is 8.55. The van der Waals surface area contributed by atoms with Gasteiger partial charge in [0.1, 0.15) is 12.4 Å². The molecule has 0 aromatic carbocycles. The first-order valence-electron chi connectivity index (χ1n) is 8.55. The molecule has 1 aromatic rings. The largest absolute Gasteiger partial charge is 0.341 e. The molecule has 0 radical (unpaired) electrons. The zero-order chi connectivity index (χ0) is 14.7. The third-order valence-corrected chi connectivity index (χ3v) is 5.32. The van der Waals surface area contributed by atoms with E-state index < -0.39 is 0 Å².